The number of piperidine rings is 1. The predicted molar refractivity (Wildman–Crippen MR) is 112 cm³/mol. The lowest BCUT2D eigenvalue weighted by Crippen LogP contribution is -2.61. The van der Waals surface area contributed by atoms with Gasteiger partial charge in [0.25, 0.3) is 5.91 Å². The Labute approximate surface area is 173 Å². The zero-order valence-electron chi connectivity index (χ0n) is 17.4. The number of hydrogen-bond acceptors (Lipinski definition) is 4. The van der Waals surface area contributed by atoms with Crippen LogP contribution in [0, 0.1) is 5.41 Å². The minimum Gasteiger partial charge on any atom is -0.329 e. The largest absolute Gasteiger partial charge is 0.329 e. The van der Waals surface area contributed by atoms with Crippen molar-refractivity contribution in [1.29, 1.82) is 0 Å². The molecule has 5 heteroatoms. The fraction of sp³-hybridized carbons (Fsp3) is 0.542. The summed E-state index contributed by atoms with van der Waals surface area (Å²) in [6.45, 7) is 2.43. The van der Waals surface area contributed by atoms with Crippen LogP contribution in [0.1, 0.15) is 55.1 Å². The van der Waals surface area contributed by atoms with Gasteiger partial charge in [-0.25, -0.2) is 4.98 Å². The summed E-state index contributed by atoms with van der Waals surface area (Å²) in [7, 11) is 2.29. The summed E-state index contributed by atoms with van der Waals surface area (Å²) in [6, 6.07) is 12.0. The van der Waals surface area contributed by atoms with Crippen LogP contribution >= 0.6 is 0 Å². The van der Waals surface area contributed by atoms with Gasteiger partial charge in [0.1, 0.15) is 5.69 Å². The van der Waals surface area contributed by atoms with E-state index in [0.717, 1.165) is 12.8 Å². The summed E-state index contributed by atoms with van der Waals surface area (Å²) in [4.78, 5) is 27.2. The Morgan fingerprint density at radius 1 is 1.14 bits per heavy atom. The van der Waals surface area contributed by atoms with Gasteiger partial charge in [0.2, 0.25) is 0 Å². The maximum absolute atomic E-state index is 13.8. The second-order valence-corrected chi connectivity index (χ2v) is 9.32. The number of carbonyl (C=O) groups excluding carboxylic acids is 1. The molecule has 2 aromatic rings. The molecule has 3 heterocycles. The van der Waals surface area contributed by atoms with Crippen molar-refractivity contribution in [3.05, 3.63) is 60.2 Å². The first-order valence-electron chi connectivity index (χ1n) is 10.9. The topological polar surface area (TPSA) is 49.3 Å². The number of aromatic nitrogens is 2. The molecule has 29 heavy (non-hydrogen) atoms. The second kappa shape index (κ2) is 7.21. The molecular formula is C24H30N4O. The number of likely N-dealkylation sites (N-methyl/N-ethyl adjacent to an activating group) is 1. The highest BCUT2D eigenvalue weighted by Crippen LogP contribution is 2.55. The SMILES string of the molecule is CN1[C@H]2CCCC[C@H]3N(C(=O)c4cnccn4)[C@H](Cc4ccccc4)[C@@H]1C[C@@]23C. The molecule has 5 nitrogen and oxygen atoms in total. The number of hydrogen-bond donors (Lipinski definition) is 0. The van der Waals surface area contributed by atoms with Crippen LogP contribution in [0.4, 0.5) is 0 Å². The van der Waals surface area contributed by atoms with E-state index in [-0.39, 0.29) is 23.4 Å². The molecule has 3 fully saturated rings. The van der Waals surface area contributed by atoms with Crippen molar-refractivity contribution in [3.63, 3.8) is 0 Å². The molecule has 0 unspecified atom stereocenters. The van der Waals surface area contributed by atoms with Gasteiger partial charge in [-0.2, -0.15) is 0 Å². The molecule has 1 aliphatic carbocycles. The zero-order chi connectivity index (χ0) is 20.0. The first kappa shape index (κ1) is 18.7. The lowest BCUT2D eigenvalue weighted by Gasteiger charge is -2.51. The van der Waals surface area contributed by atoms with E-state index in [1.165, 1.54) is 31.2 Å². The number of amides is 1. The van der Waals surface area contributed by atoms with Crippen LogP contribution in [-0.4, -0.2) is 56.9 Å². The molecule has 152 valence electrons. The number of fused-ring (bicyclic) bond motifs is 1. The molecule has 3 aliphatic rings. The highest BCUT2D eigenvalue weighted by Gasteiger charge is 2.61. The Bertz CT molecular complexity index is 873. The van der Waals surface area contributed by atoms with Gasteiger partial charge in [-0.15, -0.1) is 0 Å². The lowest BCUT2D eigenvalue weighted by molar-refractivity contribution is 0.00163. The van der Waals surface area contributed by atoms with Crippen LogP contribution in [0.2, 0.25) is 0 Å². The van der Waals surface area contributed by atoms with Crippen molar-refractivity contribution < 1.29 is 4.79 Å². The molecule has 5 rings (SSSR count). The standard InChI is InChI=1S/C24H30N4O/c1-24-15-20-19(14-17-8-4-3-5-9-17)28(23(29)18-16-25-12-13-26-18)22(24)11-7-6-10-21(24)27(20)2/h3-5,8-9,12-13,16,19-22H,6-7,10-11,14-15H2,1-2H3/t19-,20+,21+,22-,24+/m1/s1. The van der Waals surface area contributed by atoms with Gasteiger partial charge < -0.3 is 4.90 Å². The first-order valence-corrected chi connectivity index (χ1v) is 10.9. The molecule has 1 saturated carbocycles. The third-order valence-electron chi connectivity index (χ3n) is 7.83. The van der Waals surface area contributed by atoms with Crippen molar-refractivity contribution in [2.75, 3.05) is 7.05 Å². The number of nitrogens with zero attached hydrogens (tertiary/aromatic N) is 4. The molecule has 1 aromatic heterocycles. The number of benzene rings is 1. The van der Waals surface area contributed by atoms with Crippen molar-refractivity contribution in [3.8, 4) is 0 Å². The monoisotopic (exact) mass is 390 g/mol. The summed E-state index contributed by atoms with van der Waals surface area (Å²) in [5, 5.41) is 0. The maximum Gasteiger partial charge on any atom is 0.274 e. The summed E-state index contributed by atoms with van der Waals surface area (Å²) in [6.07, 6.45) is 11.7. The van der Waals surface area contributed by atoms with Crippen LogP contribution in [0.5, 0.6) is 0 Å². The van der Waals surface area contributed by atoms with Gasteiger partial charge >= 0.3 is 0 Å². The van der Waals surface area contributed by atoms with Crippen molar-refractivity contribution in [2.45, 2.75) is 69.6 Å². The molecule has 0 N–H and O–H groups in total. The Kier molecular flexibility index (Phi) is 4.66. The lowest BCUT2D eigenvalue weighted by atomic mass is 9.69. The number of rotatable bonds is 3. The average molecular weight is 391 g/mol. The minimum absolute atomic E-state index is 0.0518. The van der Waals surface area contributed by atoms with E-state index in [1.54, 1.807) is 18.6 Å². The minimum atomic E-state index is 0.0518. The molecular weight excluding hydrogens is 360 g/mol. The van der Waals surface area contributed by atoms with E-state index >= 15 is 0 Å². The predicted octanol–water partition coefficient (Wildman–Crippen LogP) is 3.57. The molecule has 0 radical (unpaired) electrons. The normalized spacial score (nSPS) is 34.1. The highest BCUT2D eigenvalue weighted by molar-refractivity contribution is 5.92. The number of likely N-dealkylation sites (tertiary alicyclic amines) is 2. The molecule has 1 amide bonds. The second-order valence-electron chi connectivity index (χ2n) is 9.32. The summed E-state index contributed by atoms with van der Waals surface area (Å²) in [5.41, 5.74) is 1.92. The first-order chi connectivity index (χ1) is 14.1. The van der Waals surface area contributed by atoms with Crippen molar-refractivity contribution in [1.82, 2.24) is 19.8 Å². The summed E-state index contributed by atoms with van der Waals surface area (Å²) < 4.78 is 0. The van der Waals surface area contributed by atoms with Gasteiger partial charge in [-0.3, -0.25) is 14.7 Å². The van der Waals surface area contributed by atoms with Gasteiger partial charge in [-0.05, 0) is 38.3 Å². The summed E-state index contributed by atoms with van der Waals surface area (Å²) in [5.74, 6) is 0.0518. The van der Waals surface area contributed by atoms with E-state index in [1.807, 2.05) is 0 Å². The van der Waals surface area contributed by atoms with Crippen molar-refractivity contribution >= 4 is 5.91 Å². The Morgan fingerprint density at radius 2 is 1.90 bits per heavy atom. The van der Waals surface area contributed by atoms with Crippen LogP contribution in [0.15, 0.2) is 48.9 Å². The Hall–Kier alpha value is -2.27. The van der Waals surface area contributed by atoms with Crippen molar-refractivity contribution in [2.24, 2.45) is 5.41 Å². The number of carbonyl (C=O) groups is 1. The van der Waals surface area contributed by atoms with Gasteiger partial charge in [0, 0.05) is 35.9 Å². The van der Waals surface area contributed by atoms with E-state index < -0.39 is 0 Å². The van der Waals surface area contributed by atoms with Gasteiger partial charge in [-0.1, -0.05) is 50.1 Å². The smallest absolute Gasteiger partial charge is 0.274 e. The van der Waals surface area contributed by atoms with E-state index in [0.29, 0.717) is 17.8 Å². The van der Waals surface area contributed by atoms with Crippen LogP contribution in [0.3, 0.4) is 0 Å². The fourth-order valence-electron chi connectivity index (χ4n) is 6.53. The van der Waals surface area contributed by atoms with E-state index in [2.05, 4.69) is 64.1 Å². The van der Waals surface area contributed by atoms with Crippen LogP contribution in [0.25, 0.3) is 0 Å². The van der Waals surface area contributed by atoms with Gasteiger partial charge in [0.05, 0.1) is 12.2 Å². The highest BCUT2D eigenvalue weighted by atomic mass is 16.2. The summed E-state index contributed by atoms with van der Waals surface area (Å²) >= 11 is 0. The third kappa shape index (κ3) is 2.98. The van der Waals surface area contributed by atoms with E-state index in [9.17, 15) is 4.79 Å². The molecule has 1 aromatic carbocycles. The van der Waals surface area contributed by atoms with Gasteiger partial charge in [0.15, 0.2) is 0 Å². The third-order valence-corrected chi connectivity index (χ3v) is 7.83. The fourth-order valence-corrected chi connectivity index (χ4v) is 6.53. The Morgan fingerprint density at radius 3 is 2.62 bits per heavy atom. The van der Waals surface area contributed by atoms with E-state index in [4.69, 9.17) is 0 Å². The molecule has 2 aliphatic heterocycles. The Balaban J connectivity index is 1.59. The molecule has 2 saturated heterocycles. The molecule has 0 spiro atoms. The molecule has 2 bridgehead atoms. The average Bonchev–Trinajstić information content (AvgIpc) is 2.86. The molecule has 5 atom stereocenters. The van der Waals surface area contributed by atoms with Crippen LogP contribution < -0.4 is 0 Å². The maximum atomic E-state index is 13.8. The quantitative estimate of drug-likeness (QED) is 0.804. The van der Waals surface area contributed by atoms with Crippen LogP contribution in [-0.2, 0) is 6.42 Å². The zero-order valence-corrected chi connectivity index (χ0v) is 17.4.